The monoisotopic (exact) mass is 302 g/mol. The van der Waals surface area contributed by atoms with Gasteiger partial charge in [0.15, 0.2) is 0 Å². The highest BCUT2D eigenvalue weighted by atomic mass is 32.2. The van der Waals surface area contributed by atoms with Gasteiger partial charge in [0.25, 0.3) is 0 Å². The van der Waals surface area contributed by atoms with E-state index in [1.807, 2.05) is 16.7 Å². The number of imidazole rings is 1. The standard InChI is InChI=1S/C14H14N4O2S/c19-21(20,17-8-10-18-9-7-15-11-18)13-5-1-3-12-4-2-6-16-14(12)13/h1-7,9,11,17H,8,10H2. The second kappa shape index (κ2) is 5.63. The molecule has 3 rings (SSSR count). The van der Waals surface area contributed by atoms with E-state index in [0.29, 0.717) is 18.6 Å². The fourth-order valence-electron chi connectivity index (χ4n) is 2.10. The Labute approximate surface area is 122 Å². The molecule has 0 saturated heterocycles. The summed E-state index contributed by atoms with van der Waals surface area (Å²) in [5.41, 5.74) is 0.482. The van der Waals surface area contributed by atoms with Crippen LogP contribution in [0.2, 0.25) is 0 Å². The van der Waals surface area contributed by atoms with Gasteiger partial charge >= 0.3 is 0 Å². The van der Waals surface area contributed by atoms with E-state index in [4.69, 9.17) is 0 Å². The highest BCUT2D eigenvalue weighted by Gasteiger charge is 2.17. The van der Waals surface area contributed by atoms with E-state index < -0.39 is 10.0 Å². The molecule has 0 spiro atoms. The maximum atomic E-state index is 12.4. The summed E-state index contributed by atoms with van der Waals surface area (Å²) in [7, 11) is -3.59. The van der Waals surface area contributed by atoms with E-state index in [1.54, 1.807) is 43.1 Å². The highest BCUT2D eigenvalue weighted by molar-refractivity contribution is 7.89. The van der Waals surface area contributed by atoms with Crippen molar-refractivity contribution < 1.29 is 8.42 Å². The van der Waals surface area contributed by atoms with Gasteiger partial charge in [0.1, 0.15) is 4.90 Å². The minimum Gasteiger partial charge on any atom is -0.336 e. The van der Waals surface area contributed by atoms with Crippen molar-refractivity contribution in [2.45, 2.75) is 11.4 Å². The van der Waals surface area contributed by atoms with Crippen LogP contribution >= 0.6 is 0 Å². The van der Waals surface area contributed by atoms with Crippen molar-refractivity contribution in [3.63, 3.8) is 0 Å². The molecule has 6 nitrogen and oxygen atoms in total. The quantitative estimate of drug-likeness (QED) is 0.773. The predicted molar refractivity (Wildman–Crippen MR) is 79.2 cm³/mol. The van der Waals surface area contributed by atoms with Gasteiger partial charge in [0, 0.05) is 37.1 Å². The number of benzene rings is 1. The zero-order valence-electron chi connectivity index (χ0n) is 11.2. The van der Waals surface area contributed by atoms with E-state index in [9.17, 15) is 8.42 Å². The molecule has 0 radical (unpaired) electrons. The van der Waals surface area contributed by atoms with Gasteiger partial charge in [-0.1, -0.05) is 18.2 Å². The molecule has 0 aliphatic carbocycles. The molecule has 0 saturated carbocycles. The first-order valence-corrected chi connectivity index (χ1v) is 7.94. The first kappa shape index (κ1) is 13.7. The minimum absolute atomic E-state index is 0.200. The molecule has 2 heterocycles. The Morgan fingerprint density at radius 2 is 2.00 bits per heavy atom. The molecule has 1 aromatic carbocycles. The number of para-hydroxylation sites is 1. The number of aromatic nitrogens is 3. The van der Waals surface area contributed by atoms with Crippen molar-refractivity contribution in [2.24, 2.45) is 0 Å². The number of hydrogen-bond acceptors (Lipinski definition) is 4. The summed E-state index contributed by atoms with van der Waals surface area (Å²) in [4.78, 5) is 8.28. The smallest absolute Gasteiger partial charge is 0.242 e. The third-order valence-electron chi connectivity index (χ3n) is 3.11. The van der Waals surface area contributed by atoms with Crippen LogP contribution in [-0.2, 0) is 16.6 Å². The van der Waals surface area contributed by atoms with Gasteiger partial charge in [-0.3, -0.25) is 4.98 Å². The van der Waals surface area contributed by atoms with E-state index in [-0.39, 0.29) is 4.90 Å². The summed E-state index contributed by atoms with van der Waals surface area (Å²) >= 11 is 0. The van der Waals surface area contributed by atoms with Crippen LogP contribution in [0, 0.1) is 0 Å². The molecule has 21 heavy (non-hydrogen) atoms. The Bertz CT molecular complexity index is 839. The number of sulfonamides is 1. The van der Waals surface area contributed by atoms with E-state index in [2.05, 4.69) is 14.7 Å². The Hall–Kier alpha value is -2.25. The van der Waals surface area contributed by atoms with Crippen molar-refractivity contribution in [1.82, 2.24) is 19.3 Å². The third-order valence-corrected chi connectivity index (χ3v) is 4.60. The van der Waals surface area contributed by atoms with Crippen molar-refractivity contribution >= 4 is 20.9 Å². The van der Waals surface area contributed by atoms with Gasteiger partial charge in [-0.05, 0) is 12.1 Å². The number of nitrogens with zero attached hydrogens (tertiary/aromatic N) is 3. The van der Waals surface area contributed by atoms with Crippen LogP contribution in [0.5, 0.6) is 0 Å². The fraction of sp³-hybridized carbons (Fsp3) is 0.143. The normalized spacial score (nSPS) is 11.8. The Morgan fingerprint density at radius 3 is 2.81 bits per heavy atom. The number of rotatable bonds is 5. The Morgan fingerprint density at radius 1 is 1.14 bits per heavy atom. The summed E-state index contributed by atoms with van der Waals surface area (Å²) in [5.74, 6) is 0. The van der Waals surface area contributed by atoms with Crippen LogP contribution in [-0.4, -0.2) is 29.5 Å². The average molecular weight is 302 g/mol. The lowest BCUT2D eigenvalue weighted by Crippen LogP contribution is -2.27. The van der Waals surface area contributed by atoms with Gasteiger partial charge in [-0.25, -0.2) is 18.1 Å². The molecular weight excluding hydrogens is 288 g/mol. The van der Waals surface area contributed by atoms with Gasteiger partial charge < -0.3 is 4.57 Å². The molecule has 0 aliphatic rings. The summed E-state index contributed by atoms with van der Waals surface area (Å²) < 4.78 is 29.2. The number of fused-ring (bicyclic) bond motifs is 1. The summed E-state index contributed by atoms with van der Waals surface area (Å²) in [6, 6.07) is 8.74. The molecule has 3 aromatic rings. The van der Waals surface area contributed by atoms with Crippen LogP contribution in [0.15, 0.2) is 60.1 Å². The maximum absolute atomic E-state index is 12.4. The zero-order chi connectivity index (χ0) is 14.7. The minimum atomic E-state index is -3.59. The summed E-state index contributed by atoms with van der Waals surface area (Å²) in [6.07, 6.45) is 6.68. The van der Waals surface area contributed by atoms with Gasteiger partial charge in [0.05, 0.1) is 11.8 Å². The molecule has 2 aromatic heterocycles. The van der Waals surface area contributed by atoms with E-state index in [1.165, 1.54) is 0 Å². The molecule has 0 fully saturated rings. The number of nitrogens with one attached hydrogen (secondary N) is 1. The molecule has 108 valence electrons. The van der Waals surface area contributed by atoms with E-state index >= 15 is 0 Å². The molecule has 0 aliphatic heterocycles. The van der Waals surface area contributed by atoms with Crippen LogP contribution in [0.3, 0.4) is 0 Å². The third kappa shape index (κ3) is 2.93. The van der Waals surface area contributed by atoms with Crippen molar-refractivity contribution in [1.29, 1.82) is 0 Å². The van der Waals surface area contributed by atoms with Gasteiger partial charge in [0.2, 0.25) is 10.0 Å². The number of hydrogen-bond donors (Lipinski definition) is 1. The van der Waals surface area contributed by atoms with Crippen LogP contribution < -0.4 is 4.72 Å². The second-order valence-corrected chi connectivity index (χ2v) is 6.26. The molecule has 7 heteroatoms. The first-order chi connectivity index (χ1) is 10.2. The first-order valence-electron chi connectivity index (χ1n) is 6.46. The van der Waals surface area contributed by atoms with Crippen LogP contribution in [0.4, 0.5) is 0 Å². The molecular formula is C14H14N4O2S. The molecule has 1 N–H and O–H groups in total. The SMILES string of the molecule is O=S(=O)(NCCn1ccnc1)c1cccc2cccnc12. The number of pyridine rings is 1. The largest absolute Gasteiger partial charge is 0.336 e. The Balaban J connectivity index is 1.83. The van der Waals surface area contributed by atoms with Crippen LogP contribution in [0.25, 0.3) is 10.9 Å². The summed E-state index contributed by atoms with van der Waals surface area (Å²) in [5, 5.41) is 0.801. The van der Waals surface area contributed by atoms with Crippen molar-refractivity contribution in [3.8, 4) is 0 Å². The highest BCUT2D eigenvalue weighted by Crippen LogP contribution is 2.20. The molecule has 0 amide bonds. The lowest BCUT2D eigenvalue weighted by molar-refractivity contribution is 0.573. The molecule has 0 atom stereocenters. The van der Waals surface area contributed by atoms with E-state index in [0.717, 1.165) is 5.39 Å². The fourth-order valence-corrected chi connectivity index (χ4v) is 3.30. The lowest BCUT2D eigenvalue weighted by Gasteiger charge is -2.09. The zero-order valence-corrected chi connectivity index (χ0v) is 12.0. The second-order valence-electron chi connectivity index (χ2n) is 4.53. The lowest BCUT2D eigenvalue weighted by atomic mass is 10.2. The molecule has 0 bridgehead atoms. The molecule has 0 unspecified atom stereocenters. The predicted octanol–water partition coefficient (Wildman–Crippen LogP) is 1.41. The topological polar surface area (TPSA) is 76.9 Å². The van der Waals surface area contributed by atoms with Crippen molar-refractivity contribution in [2.75, 3.05) is 6.54 Å². The Kier molecular flexibility index (Phi) is 3.68. The maximum Gasteiger partial charge on any atom is 0.242 e. The van der Waals surface area contributed by atoms with Gasteiger partial charge in [-0.2, -0.15) is 0 Å². The van der Waals surface area contributed by atoms with Crippen LogP contribution in [0.1, 0.15) is 0 Å². The summed E-state index contributed by atoms with van der Waals surface area (Å²) in [6.45, 7) is 0.819. The van der Waals surface area contributed by atoms with Crippen molar-refractivity contribution in [3.05, 3.63) is 55.2 Å². The van der Waals surface area contributed by atoms with Gasteiger partial charge in [-0.15, -0.1) is 0 Å². The average Bonchev–Trinajstić information content (AvgIpc) is 3.00.